The van der Waals surface area contributed by atoms with Gasteiger partial charge in [0.05, 0.1) is 17.9 Å². The van der Waals surface area contributed by atoms with Crippen molar-refractivity contribution in [2.45, 2.75) is 44.6 Å². The highest BCUT2D eigenvalue weighted by atomic mass is 16.4. The minimum absolute atomic E-state index is 0.120. The fourth-order valence-electron chi connectivity index (χ4n) is 3.69. The molecule has 0 radical (unpaired) electrons. The molecule has 0 spiro atoms. The molecular weight excluding hydrogens is 292 g/mol. The highest BCUT2D eigenvalue weighted by Gasteiger charge is 2.42. The van der Waals surface area contributed by atoms with Gasteiger partial charge >= 0.3 is 5.97 Å². The molecule has 0 aliphatic heterocycles. The van der Waals surface area contributed by atoms with E-state index in [0.717, 1.165) is 29.3 Å². The number of amides is 1. The molecule has 2 atom stereocenters. The van der Waals surface area contributed by atoms with Crippen molar-refractivity contribution in [2.75, 3.05) is 0 Å². The van der Waals surface area contributed by atoms with Crippen LogP contribution in [0, 0.1) is 5.92 Å². The molecule has 0 saturated heterocycles. The summed E-state index contributed by atoms with van der Waals surface area (Å²) in [5.74, 6) is -1.45. The van der Waals surface area contributed by atoms with Gasteiger partial charge in [0.25, 0.3) is 0 Å². The van der Waals surface area contributed by atoms with E-state index < -0.39 is 17.4 Å². The smallest absolute Gasteiger partial charge is 0.308 e. The Morgan fingerprint density at radius 2 is 2.13 bits per heavy atom. The number of nitrogens with one attached hydrogen (secondary N) is 2. The van der Waals surface area contributed by atoms with Crippen LogP contribution in [0.25, 0.3) is 10.9 Å². The van der Waals surface area contributed by atoms with Crippen molar-refractivity contribution < 1.29 is 14.7 Å². The van der Waals surface area contributed by atoms with Gasteiger partial charge in [0.2, 0.25) is 5.91 Å². The lowest BCUT2D eigenvalue weighted by Crippen LogP contribution is -2.55. The number of carboxylic acids is 1. The van der Waals surface area contributed by atoms with Crippen molar-refractivity contribution in [3.63, 3.8) is 0 Å². The van der Waals surface area contributed by atoms with Gasteiger partial charge in [0, 0.05) is 17.1 Å². The number of aromatic nitrogens is 1. The van der Waals surface area contributed by atoms with Crippen molar-refractivity contribution in [1.82, 2.24) is 10.3 Å². The lowest BCUT2D eigenvalue weighted by molar-refractivity contribution is -0.146. The monoisotopic (exact) mass is 314 g/mol. The van der Waals surface area contributed by atoms with E-state index >= 15 is 0 Å². The third-order valence-electron chi connectivity index (χ3n) is 4.96. The van der Waals surface area contributed by atoms with Crippen molar-refractivity contribution in [2.24, 2.45) is 5.92 Å². The zero-order valence-corrected chi connectivity index (χ0v) is 13.3. The first-order chi connectivity index (χ1) is 11.0. The summed E-state index contributed by atoms with van der Waals surface area (Å²) >= 11 is 0. The minimum Gasteiger partial charge on any atom is -0.481 e. The quantitative estimate of drug-likeness (QED) is 0.811. The summed E-state index contributed by atoms with van der Waals surface area (Å²) in [6.07, 6.45) is 5.30. The van der Waals surface area contributed by atoms with Crippen molar-refractivity contribution in [3.05, 3.63) is 36.0 Å². The summed E-state index contributed by atoms with van der Waals surface area (Å²) < 4.78 is 0. The molecule has 1 aliphatic carbocycles. The van der Waals surface area contributed by atoms with Crippen molar-refractivity contribution >= 4 is 22.8 Å². The fraction of sp³-hybridized carbons (Fsp3) is 0.444. The van der Waals surface area contributed by atoms with Crippen LogP contribution in [-0.4, -0.2) is 27.5 Å². The summed E-state index contributed by atoms with van der Waals surface area (Å²) in [5.41, 5.74) is 1.28. The number of H-pyrrole nitrogens is 1. The first-order valence-electron chi connectivity index (χ1n) is 8.08. The highest BCUT2D eigenvalue weighted by molar-refractivity contribution is 5.89. The number of para-hydroxylation sites is 1. The van der Waals surface area contributed by atoms with Crippen LogP contribution in [0.3, 0.4) is 0 Å². The number of hydrogen-bond acceptors (Lipinski definition) is 2. The molecule has 0 bridgehead atoms. The number of benzene rings is 1. The summed E-state index contributed by atoms with van der Waals surface area (Å²) in [6.45, 7) is 1.86. The topological polar surface area (TPSA) is 82.2 Å². The second-order valence-electron chi connectivity index (χ2n) is 6.64. The summed E-state index contributed by atoms with van der Waals surface area (Å²) in [4.78, 5) is 27.1. The zero-order valence-electron chi connectivity index (χ0n) is 13.3. The first kappa shape index (κ1) is 15.6. The maximum atomic E-state index is 12.5. The molecule has 3 rings (SSSR count). The van der Waals surface area contributed by atoms with Gasteiger partial charge in [-0.15, -0.1) is 0 Å². The Bertz CT molecular complexity index is 737. The Labute approximate surface area is 135 Å². The van der Waals surface area contributed by atoms with E-state index in [0.29, 0.717) is 12.8 Å². The van der Waals surface area contributed by atoms with E-state index in [2.05, 4.69) is 10.3 Å². The Morgan fingerprint density at radius 3 is 2.91 bits per heavy atom. The van der Waals surface area contributed by atoms with Gasteiger partial charge in [0.1, 0.15) is 0 Å². The van der Waals surface area contributed by atoms with Gasteiger partial charge in [-0.05, 0) is 31.4 Å². The highest BCUT2D eigenvalue weighted by Crippen LogP contribution is 2.34. The molecule has 1 aromatic heterocycles. The molecule has 2 unspecified atom stereocenters. The van der Waals surface area contributed by atoms with Crippen LogP contribution in [-0.2, 0) is 16.0 Å². The number of fused-ring (bicyclic) bond motifs is 1. The number of aromatic amines is 1. The van der Waals surface area contributed by atoms with Crippen molar-refractivity contribution in [3.8, 4) is 0 Å². The second kappa shape index (κ2) is 6.07. The molecule has 5 heteroatoms. The molecule has 2 aromatic rings. The van der Waals surface area contributed by atoms with E-state index in [1.165, 1.54) is 0 Å². The standard InChI is InChI=1S/C18H22N2O3/c1-18(9-5-4-7-14(18)17(22)23)20-16(21)10-12-11-19-15-8-3-2-6-13(12)15/h2-3,6,8,11,14,19H,4-5,7,9-10H2,1H3,(H,20,21)(H,22,23). The SMILES string of the molecule is CC1(NC(=O)Cc2c[nH]c3ccccc23)CCCCC1C(=O)O. The maximum Gasteiger partial charge on any atom is 0.308 e. The van der Waals surface area contributed by atoms with Gasteiger partial charge in [-0.2, -0.15) is 0 Å². The van der Waals surface area contributed by atoms with Crippen LogP contribution in [0.4, 0.5) is 0 Å². The number of carboxylic acid groups (broad SMARTS) is 1. The minimum atomic E-state index is -0.820. The molecule has 1 saturated carbocycles. The van der Waals surface area contributed by atoms with Crippen LogP contribution in [0.15, 0.2) is 30.5 Å². The average molecular weight is 314 g/mol. The van der Waals surface area contributed by atoms with Crippen LogP contribution in [0.2, 0.25) is 0 Å². The number of carbonyl (C=O) groups excluding carboxylic acids is 1. The Balaban J connectivity index is 1.74. The number of aliphatic carboxylic acids is 1. The molecule has 23 heavy (non-hydrogen) atoms. The number of hydrogen-bond donors (Lipinski definition) is 3. The van der Waals surface area contributed by atoms with E-state index in [1.807, 2.05) is 37.4 Å². The second-order valence-corrected chi connectivity index (χ2v) is 6.64. The predicted octanol–water partition coefficient (Wildman–Crippen LogP) is 2.86. The molecule has 5 nitrogen and oxygen atoms in total. The van der Waals surface area contributed by atoms with Gasteiger partial charge in [-0.1, -0.05) is 31.0 Å². The summed E-state index contributed by atoms with van der Waals surface area (Å²) in [7, 11) is 0. The summed E-state index contributed by atoms with van der Waals surface area (Å²) in [6, 6.07) is 7.85. The Hall–Kier alpha value is -2.30. The fourth-order valence-corrected chi connectivity index (χ4v) is 3.69. The molecule has 122 valence electrons. The van der Waals surface area contributed by atoms with Crippen LogP contribution < -0.4 is 5.32 Å². The van der Waals surface area contributed by atoms with Crippen LogP contribution >= 0.6 is 0 Å². The molecule has 1 heterocycles. The molecule has 1 fully saturated rings. The lowest BCUT2D eigenvalue weighted by Gasteiger charge is -2.39. The first-order valence-corrected chi connectivity index (χ1v) is 8.08. The lowest BCUT2D eigenvalue weighted by atomic mass is 9.74. The number of carbonyl (C=O) groups is 2. The molecule has 3 N–H and O–H groups in total. The molecule has 1 amide bonds. The predicted molar refractivity (Wildman–Crippen MR) is 88.1 cm³/mol. The van der Waals surface area contributed by atoms with Crippen molar-refractivity contribution in [1.29, 1.82) is 0 Å². The molecule has 1 aliphatic rings. The summed E-state index contributed by atoms with van der Waals surface area (Å²) in [5, 5.41) is 13.5. The Kier molecular flexibility index (Phi) is 4.11. The average Bonchev–Trinajstić information content (AvgIpc) is 2.90. The third-order valence-corrected chi connectivity index (χ3v) is 4.96. The number of rotatable bonds is 4. The van der Waals surface area contributed by atoms with E-state index in [9.17, 15) is 14.7 Å². The largest absolute Gasteiger partial charge is 0.481 e. The van der Waals surface area contributed by atoms with E-state index in [4.69, 9.17) is 0 Å². The molecular formula is C18H22N2O3. The van der Waals surface area contributed by atoms with Gasteiger partial charge in [-0.3, -0.25) is 9.59 Å². The van der Waals surface area contributed by atoms with Gasteiger partial charge in [0.15, 0.2) is 0 Å². The molecule has 1 aromatic carbocycles. The van der Waals surface area contributed by atoms with Gasteiger partial charge in [-0.25, -0.2) is 0 Å². The Morgan fingerprint density at radius 1 is 1.35 bits per heavy atom. The van der Waals surface area contributed by atoms with Crippen LogP contribution in [0.5, 0.6) is 0 Å². The normalized spacial score (nSPS) is 24.5. The van der Waals surface area contributed by atoms with E-state index in [1.54, 1.807) is 0 Å². The zero-order chi connectivity index (χ0) is 16.4. The van der Waals surface area contributed by atoms with E-state index in [-0.39, 0.29) is 12.3 Å². The van der Waals surface area contributed by atoms with Crippen LogP contribution in [0.1, 0.15) is 38.2 Å². The third kappa shape index (κ3) is 3.09. The maximum absolute atomic E-state index is 12.5. The van der Waals surface area contributed by atoms with Gasteiger partial charge < -0.3 is 15.4 Å².